The van der Waals surface area contributed by atoms with Gasteiger partial charge in [-0.05, 0) is 58.6 Å². The van der Waals surface area contributed by atoms with E-state index in [-0.39, 0.29) is 0 Å². The molecule has 0 aliphatic rings. The third-order valence-electron chi connectivity index (χ3n) is 8.64. The zero-order valence-electron chi connectivity index (χ0n) is 23.1. The summed E-state index contributed by atoms with van der Waals surface area (Å²) in [5.74, 6) is 0. The lowest BCUT2D eigenvalue weighted by Crippen LogP contribution is -2.25. The first-order valence-corrected chi connectivity index (χ1v) is 16.1. The molecule has 3 aromatic heterocycles. The molecule has 0 fully saturated rings. The van der Waals surface area contributed by atoms with Crippen LogP contribution in [-0.2, 0) is 4.57 Å². The number of hydrogen-bond acceptors (Lipinski definition) is 3. The van der Waals surface area contributed by atoms with Crippen molar-refractivity contribution in [2.45, 2.75) is 0 Å². The van der Waals surface area contributed by atoms with E-state index in [1.807, 2.05) is 72.8 Å². The van der Waals surface area contributed by atoms with E-state index in [1.165, 1.54) is 0 Å². The Morgan fingerprint density at radius 3 is 2.02 bits per heavy atom. The lowest BCUT2D eigenvalue weighted by Gasteiger charge is -2.21. The molecule has 0 aliphatic heterocycles. The van der Waals surface area contributed by atoms with E-state index in [9.17, 15) is 0 Å². The molecule has 1 atom stereocenters. The van der Waals surface area contributed by atoms with Gasteiger partial charge >= 0.3 is 0 Å². The highest BCUT2D eigenvalue weighted by Gasteiger charge is 2.31. The molecule has 0 spiro atoms. The summed E-state index contributed by atoms with van der Waals surface area (Å²) in [6, 6.07) is 47.3. The molecule has 9 rings (SSSR count). The molecule has 6 aromatic carbocycles. The van der Waals surface area contributed by atoms with Crippen LogP contribution in [0, 0.1) is 0 Å². The SMILES string of the molecule is O=P(c1ccc2ccccc2c1)(c1cnc2ccccc2c1)c1ccc2c3ccccc3n3c4ccccc4nc3c2c1. The topological polar surface area (TPSA) is 47.3 Å². The van der Waals surface area contributed by atoms with E-state index in [1.54, 1.807) is 6.20 Å². The van der Waals surface area contributed by atoms with E-state index in [4.69, 9.17) is 9.97 Å². The number of pyridine rings is 2. The normalized spacial score (nSPS) is 13.4. The second-order valence-corrected chi connectivity index (χ2v) is 13.8. The number of para-hydroxylation sites is 4. The molecule has 0 saturated heterocycles. The third kappa shape index (κ3) is 3.54. The van der Waals surface area contributed by atoms with Crippen LogP contribution in [0.4, 0.5) is 0 Å². The Balaban J connectivity index is 1.40. The molecular formula is C38H24N3OP. The molecule has 4 nitrogen and oxygen atoms in total. The van der Waals surface area contributed by atoms with Crippen LogP contribution in [0.25, 0.3) is 60.0 Å². The van der Waals surface area contributed by atoms with Gasteiger partial charge in [-0.15, -0.1) is 0 Å². The van der Waals surface area contributed by atoms with Crippen molar-refractivity contribution in [2.75, 3.05) is 0 Å². The Bertz CT molecular complexity index is 2540. The van der Waals surface area contributed by atoms with Gasteiger partial charge in [-0.25, -0.2) is 4.98 Å². The predicted molar refractivity (Wildman–Crippen MR) is 180 cm³/mol. The minimum absolute atomic E-state index is 0.714. The van der Waals surface area contributed by atoms with Gasteiger partial charge in [-0.1, -0.05) is 97.1 Å². The Kier molecular flexibility index (Phi) is 5.14. The maximum Gasteiger partial charge on any atom is 0.172 e. The number of imidazole rings is 1. The maximum absolute atomic E-state index is 15.9. The van der Waals surface area contributed by atoms with Crippen molar-refractivity contribution in [2.24, 2.45) is 0 Å². The first kappa shape index (κ1) is 24.3. The molecule has 0 amide bonds. The van der Waals surface area contributed by atoms with E-state index >= 15 is 4.57 Å². The summed E-state index contributed by atoms with van der Waals surface area (Å²) in [5.41, 5.74) is 4.83. The van der Waals surface area contributed by atoms with Gasteiger partial charge in [0.2, 0.25) is 0 Å². The van der Waals surface area contributed by atoms with Crippen molar-refractivity contribution < 1.29 is 4.57 Å². The average molecular weight is 570 g/mol. The molecule has 3 heterocycles. The minimum atomic E-state index is -3.36. The summed E-state index contributed by atoms with van der Waals surface area (Å²) in [6.07, 6.45) is 1.79. The number of nitrogens with zero attached hydrogens (tertiary/aromatic N) is 3. The molecule has 1 unspecified atom stereocenters. The van der Waals surface area contributed by atoms with E-state index in [0.717, 1.165) is 70.6 Å². The van der Waals surface area contributed by atoms with E-state index in [0.29, 0.717) is 5.30 Å². The molecule has 0 saturated carbocycles. The fourth-order valence-corrected chi connectivity index (χ4v) is 9.18. The van der Waals surface area contributed by atoms with Gasteiger partial charge in [0.1, 0.15) is 5.65 Å². The van der Waals surface area contributed by atoms with Gasteiger partial charge < -0.3 is 4.57 Å². The van der Waals surface area contributed by atoms with Crippen LogP contribution in [0.5, 0.6) is 0 Å². The van der Waals surface area contributed by atoms with E-state index in [2.05, 4.69) is 71.1 Å². The first-order chi connectivity index (χ1) is 21.2. The predicted octanol–water partition coefficient (Wildman–Crippen LogP) is 8.13. The smallest absolute Gasteiger partial charge is 0.172 e. The number of hydrogen-bond donors (Lipinski definition) is 0. The molecule has 202 valence electrons. The minimum Gasteiger partial charge on any atom is -0.309 e. The highest BCUT2D eigenvalue weighted by Crippen LogP contribution is 2.45. The number of aromatic nitrogens is 3. The van der Waals surface area contributed by atoms with Crippen LogP contribution >= 0.6 is 7.14 Å². The van der Waals surface area contributed by atoms with Gasteiger partial charge in [0.25, 0.3) is 0 Å². The number of fused-ring (bicyclic) bond motifs is 10. The molecule has 5 heteroatoms. The van der Waals surface area contributed by atoms with Crippen LogP contribution in [-0.4, -0.2) is 14.4 Å². The summed E-state index contributed by atoms with van der Waals surface area (Å²) in [5, 5.41) is 8.59. The maximum atomic E-state index is 15.9. The second-order valence-electron chi connectivity index (χ2n) is 11.0. The summed E-state index contributed by atoms with van der Waals surface area (Å²) in [7, 11) is -3.36. The van der Waals surface area contributed by atoms with Crippen molar-refractivity contribution in [1.29, 1.82) is 0 Å². The van der Waals surface area contributed by atoms with Crippen molar-refractivity contribution >= 4 is 83.1 Å². The molecule has 9 aromatic rings. The first-order valence-electron chi connectivity index (χ1n) is 14.4. The van der Waals surface area contributed by atoms with Gasteiger partial charge in [0, 0.05) is 38.3 Å². The van der Waals surface area contributed by atoms with Crippen molar-refractivity contribution in [3.63, 3.8) is 0 Å². The van der Waals surface area contributed by atoms with Gasteiger partial charge in [0.05, 0.1) is 22.1 Å². The molecule has 43 heavy (non-hydrogen) atoms. The van der Waals surface area contributed by atoms with Gasteiger partial charge in [-0.3, -0.25) is 9.38 Å². The van der Waals surface area contributed by atoms with Crippen LogP contribution < -0.4 is 15.9 Å². The van der Waals surface area contributed by atoms with Gasteiger partial charge in [-0.2, -0.15) is 0 Å². The second kappa shape index (κ2) is 9.09. The number of rotatable bonds is 3. The van der Waals surface area contributed by atoms with Crippen LogP contribution in [0.1, 0.15) is 0 Å². The third-order valence-corrected chi connectivity index (χ3v) is 11.6. The molecule has 0 N–H and O–H groups in total. The lowest BCUT2D eigenvalue weighted by molar-refractivity contribution is 0.592. The Labute approximate surface area is 247 Å². The summed E-state index contributed by atoms with van der Waals surface area (Å²) in [4.78, 5) is 9.86. The number of benzene rings is 6. The Morgan fingerprint density at radius 2 is 1.14 bits per heavy atom. The average Bonchev–Trinajstić information content (AvgIpc) is 3.47. The van der Waals surface area contributed by atoms with Gasteiger partial charge in [0.15, 0.2) is 7.14 Å². The highest BCUT2D eigenvalue weighted by molar-refractivity contribution is 7.85. The fraction of sp³-hybridized carbons (Fsp3) is 0. The molecule has 0 radical (unpaired) electrons. The van der Waals surface area contributed by atoms with Crippen LogP contribution in [0.2, 0.25) is 0 Å². The summed E-state index contributed by atoms with van der Waals surface area (Å²) >= 11 is 0. The van der Waals surface area contributed by atoms with Crippen molar-refractivity contribution in [3.8, 4) is 0 Å². The monoisotopic (exact) mass is 569 g/mol. The van der Waals surface area contributed by atoms with Crippen LogP contribution in [0.3, 0.4) is 0 Å². The quantitative estimate of drug-likeness (QED) is 0.159. The zero-order chi connectivity index (χ0) is 28.5. The largest absolute Gasteiger partial charge is 0.309 e. The molecular weight excluding hydrogens is 545 g/mol. The Morgan fingerprint density at radius 1 is 0.488 bits per heavy atom. The fourth-order valence-electron chi connectivity index (χ4n) is 6.55. The van der Waals surface area contributed by atoms with Crippen LogP contribution in [0.15, 0.2) is 146 Å². The summed E-state index contributed by atoms with van der Waals surface area (Å²) in [6.45, 7) is 0. The Hall–Kier alpha value is -5.31. The molecule has 0 bridgehead atoms. The lowest BCUT2D eigenvalue weighted by atomic mass is 10.1. The standard InChI is InChI=1S/C38H24N3OP/c42-43(28-18-17-25-9-1-2-10-26(25)21-28,30-22-27-11-3-5-13-34(27)39-24-30)29-19-20-31-32-12-4-7-15-36(32)41-37-16-8-6-14-35(37)40-38(41)33(31)23-29/h1-24H. The molecule has 0 aliphatic carbocycles. The van der Waals surface area contributed by atoms with Crippen molar-refractivity contribution in [3.05, 3.63) is 146 Å². The summed E-state index contributed by atoms with van der Waals surface area (Å²) < 4.78 is 18.1. The van der Waals surface area contributed by atoms with E-state index < -0.39 is 7.14 Å². The highest BCUT2D eigenvalue weighted by atomic mass is 31.2. The zero-order valence-corrected chi connectivity index (χ0v) is 23.9. The van der Waals surface area contributed by atoms with Crippen molar-refractivity contribution in [1.82, 2.24) is 14.4 Å².